The molecule has 2 heteroatoms. The van der Waals surface area contributed by atoms with E-state index in [-0.39, 0.29) is 0 Å². The van der Waals surface area contributed by atoms with Crippen LogP contribution in [0.15, 0.2) is 48.8 Å². The Morgan fingerprint density at radius 2 is 1.81 bits per heavy atom. The lowest BCUT2D eigenvalue weighted by molar-refractivity contribution is 0.528. The highest BCUT2D eigenvalue weighted by atomic mass is 14.9. The zero-order chi connectivity index (χ0) is 15.1. The summed E-state index contributed by atoms with van der Waals surface area (Å²) in [7, 11) is 0. The van der Waals surface area contributed by atoms with Gasteiger partial charge in [-0.3, -0.25) is 4.98 Å². The molecule has 2 aromatic rings. The van der Waals surface area contributed by atoms with Crippen LogP contribution in [0.3, 0.4) is 0 Å². The van der Waals surface area contributed by atoms with Gasteiger partial charge in [-0.25, -0.2) is 0 Å². The van der Waals surface area contributed by atoms with Gasteiger partial charge in [-0.05, 0) is 48.1 Å². The average Bonchev–Trinajstić information content (AvgIpc) is 2.52. The van der Waals surface area contributed by atoms with Crippen molar-refractivity contribution in [2.75, 3.05) is 6.54 Å². The van der Waals surface area contributed by atoms with Crippen LogP contribution >= 0.6 is 0 Å². The number of nitrogens with zero attached hydrogens (tertiary/aromatic N) is 1. The molecule has 112 valence electrons. The average molecular weight is 282 g/mol. The molecule has 0 amide bonds. The van der Waals surface area contributed by atoms with Crippen molar-refractivity contribution >= 4 is 0 Å². The van der Waals surface area contributed by atoms with E-state index < -0.39 is 0 Å². The molecule has 2 nitrogen and oxygen atoms in total. The van der Waals surface area contributed by atoms with Crippen molar-refractivity contribution in [3.8, 4) is 0 Å². The first-order valence-electron chi connectivity index (χ1n) is 7.92. The van der Waals surface area contributed by atoms with Gasteiger partial charge in [0.05, 0.1) is 0 Å². The molecule has 21 heavy (non-hydrogen) atoms. The molecule has 2 rings (SSSR count). The van der Waals surface area contributed by atoms with Crippen LogP contribution in [0.2, 0.25) is 0 Å². The first-order chi connectivity index (χ1) is 10.2. The lowest BCUT2D eigenvalue weighted by Gasteiger charge is -2.19. The fourth-order valence-corrected chi connectivity index (χ4v) is 2.48. The van der Waals surface area contributed by atoms with E-state index in [2.05, 4.69) is 61.4 Å². The molecule has 0 radical (unpaired) electrons. The highest BCUT2D eigenvalue weighted by Crippen LogP contribution is 2.20. The van der Waals surface area contributed by atoms with E-state index in [9.17, 15) is 0 Å². The molecule has 0 bridgehead atoms. The molecule has 1 unspecified atom stereocenters. The lowest BCUT2D eigenvalue weighted by Crippen LogP contribution is -2.24. The van der Waals surface area contributed by atoms with E-state index in [0.717, 1.165) is 19.4 Å². The second-order valence-corrected chi connectivity index (χ2v) is 5.89. The standard InChI is InChI=1S/C19H26N2/c1-4-11-21-19(18-6-5-12-20-14-18)13-16-7-9-17(10-8-16)15(2)3/h5-10,12,14-15,19,21H,4,11,13H2,1-3H3. The molecule has 1 N–H and O–H groups in total. The van der Waals surface area contributed by atoms with Crippen LogP contribution < -0.4 is 5.32 Å². The molecular formula is C19H26N2. The van der Waals surface area contributed by atoms with Crippen LogP contribution in [0.5, 0.6) is 0 Å². The molecule has 0 fully saturated rings. The molecule has 0 spiro atoms. The quantitative estimate of drug-likeness (QED) is 0.809. The molecule has 1 heterocycles. The summed E-state index contributed by atoms with van der Waals surface area (Å²) < 4.78 is 0. The molecular weight excluding hydrogens is 256 g/mol. The third-order valence-electron chi connectivity index (χ3n) is 3.81. The predicted octanol–water partition coefficient (Wildman–Crippen LogP) is 4.49. The number of benzene rings is 1. The summed E-state index contributed by atoms with van der Waals surface area (Å²) in [4.78, 5) is 4.25. The Balaban J connectivity index is 2.11. The Morgan fingerprint density at radius 1 is 1.05 bits per heavy atom. The maximum absolute atomic E-state index is 4.25. The Labute approximate surface area is 128 Å². The van der Waals surface area contributed by atoms with Gasteiger partial charge in [0.2, 0.25) is 0 Å². The minimum atomic E-state index is 0.337. The SMILES string of the molecule is CCCNC(Cc1ccc(C(C)C)cc1)c1cccnc1. The molecule has 1 aromatic heterocycles. The highest BCUT2D eigenvalue weighted by Gasteiger charge is 2.11. The maximum atomic E-state index is 4.25. The zero-order valence-electron chi connectivity index (χ0n) is 13.3. The summed E-state index contributed by atoms with van der Waals surface area (Å²) in [5.41, 5.74) is 4.04. The van der Waals surface area contributed by atoms with E-state index in [4.69, 9.17) is 0 Å². The van der Waals surface area contributed by atoms with Crippen molar-refractivity contribution in [2.24, 2.45) is 0 Å². The number of hydrogen-bond donors (Lipinski definition) is 1. The number of aromatic nitrogens is 1. The monoisotopic (exact) mass is 282 g/mol. The van der Waals surface area contributed by atoms with E-state index in [1.54, 1.807) is 0 Å². The van der Waals surface area contributed by atoms with Crippen molar-refractivity contribution < 1.29 is 0 Å². The van der Waals surface area contributed by atoms with Crippen LogP contribution in [-0.4, -0.2) is 11.5 Å². The predicted molar refractivity (Wildman–Crippen MR) is 89.5 cm³/mol. The number of nitrogens with one attached hydrogen (secondary N) is 1. The number of hydrogen-bond acceptors (Lipinski definition) is 2. The number of rotatable bonds is 7. The normalized spacial score (nSPS) is 12.6. The van der Waals surface area contributed by atoms with Crippen LogP contribution in [0, 0.1) is 0 Å². The second kappa shape index (κ2) is 7.94. The van der Waals surface area contributed by atoms with E-state index in [0.29, 0.717) is 12.0 Å². The fourth-order valence-electron chi connectivity index (χ4n) is 2.48. The Hall–Kier alpha value is -1.67. The first kappa shape index (κ1) is 15.7. The van der Waals surface area contributed by atoms with Gasteiger partial charge in [0.15, 0.2) is 0 Å². The van der Waals surface area contributed by atoms with Gasteiger partial charge in [-0.1, -0.05) is 51.1 Å². The minimum absolute atomic E-state index is 0.337. The number of pyridine rings is 1. The molecule has 1 atom stereocenters. The van der Waals surface area contributed by atoms with Crippen LogP contribution in [0.1, 0.15) is 55.8 Å². The lowest BCUT2D eigenvalue weighted by atomic mass is 9.96. The van der Waals surface area contributed by atoms with Crippen molar-refractivity contribution in [3.63, 3.8) is 0 Å². The van der Waals surface area contributed by atoms with Gasteiger partial charge < -0.3 is 5.32 Å². The molecule has 0 aliphatic rings. The van der Waals surface area contributed by atoms with Gasteiger partial charge in [0.25, 0.3) is 0 Å². The van der Waals surface area contributed by atoms with Crippen LogP contribution in [0.25, 0.3) is 0 Å². The molecule has 1 aromatic carbocycles. The summed E-state index contributed by atoms with van der Waals surface area (Å²) >= 11 is 0. The Bertz CT molecular complexity index is 517. The second-order valence-electron chi connectivity index (χ2n) is 5.89. The van der Waals surface area contributed by atoms with Gasteiger partial charge in [0, 0.05) is 18.4 Å². The summed E-state index contributed by atoms with van der Waals surface area (Å²) in [6.45, 7) is 7.70. The Kier molecular flexibility index (Phi) is 5.94. The van der Waals surface area contributed by atoms with Gasteiger partial charge >= 0.3 is 0 Å². The Morgan fingerprint density at radius 3 is 2.38 bits per heavy atom. The first-order valence-corrected chi connectivity index (χ1v) is 7.92. The van der Waals surface area contributed by atoms with Crippen molar-refractivity contribution in [1.82, 2.24) is 10.3 Å². The van der Waals surface area contributed by atoms with E-state index in [1.165, 1.54) is 16.7 Å². The topological polar surface area (TPSA) is 24.9 Å². The zero-order valence-corrected chi connectivity index (χ0v) is 13.3. The summed E-state index contributed by atoms with van der Waals surface area (Å²) in [5.74, 6) is 0.589. The third-order valence-corrected chi connectivity index (χ3v) is 3.81. The van der Waals surface area contributed by atoms with Crippen molar-refractivity contribution in [2.45, 2.75) is 45.6 Å². The highest BCUT2D eigenvalue weighted by molar-refractivity contribution is 5.27. The summed E-state index contributed by atoms with van der Waals surface area (Å²) in [6, 6.07) is 13.5. The van der Waals surface area contributed by atoms with Crippen LogP contribution in [-0.2, 0) is 6.42 Å². The van der Waals surface area contributed by atoms with Gasteiger partial charge in [-0.15, -0.1) is 0 Å². The minimum Gasteiger partial charge on any atom is -0.310 e. The van der Waals surface area contributed by atoms with Gasteiger partial charge in [0.1, 0.15) is 0 Å². The van der Waals surface area contributed by atoms with Gasteiger partial charge in [-0.2, -0.15) is 0 Å². The fraction of sp³-hybridized carbons (Fsp3) is 0.421. The third kappa shape index (κ3) is 4.68. The molecule has 0 saturated carbocycles. The van der Waals surface area contributed by atoms with Crippen molar-refractivity contribution in [1.29, 1.82) is 0 Å². The molecule has 0 aliphatic heterocycles. The summed E-state index contributed by atoms with van der Waals surface area (Å²) in [6.07, 6.45) is 5.95. The van der Waals surface area contributed by atoms with Crippen molar-refractivity contribution in [3.05, 3.63) is 65.5 Å². The largest absolute Gasteiger partial charge is 0.310 e. The van der Waals surface area contributed by atoms with E-state index >= 15 is 0 Å². The smallest absolute Gasteiger partial charge is 0.0376 e. The molecule has 0 saturated heterocycles. The van der Waals surface area contributed by atoms with Crippen LogP contribution in [0.4, 0.5) is 0 Å². The summed E-state index contributed by atoms with van der Waals surface area (Å²) in [5, 5.41) is 3.63. The maximum Gasteiger partial charge on any atom is 0.0376 e. The molecule has 0 aliphatic carbocycles. The van der Waals surface area contributed by atoms with E-state index in [1.807, 2.05) is 18.5 Å².